The Balaban J connectivity index is 3.83. The number of carbonyl (C=O) groups excluding carboxylic acids is 3. The number of benzene rings is 1. The molecule has 24 heavy (non-hydrogen) atoms. The number of esters is 3. The molecule has 1 rings (SSSR count). The Morgan fingerprint density at radius 1 is 1.21 bits per heavy atom. The second-order valence-corrected chi connectivity index (χ2v) is 5.09. The first-order valence-electron chi connectivity index (χ1n) is 6.89. The lowest BCUT2D eigenvalue weighted by Gasteiger charge is -2.15. The SMILES string of the molecule is COC(=O)c1cc(C)c([N+](=O)[O-])c(OC(C)=O)c1C(=O)OC(C)C. The first-order chi connectivity index (χ1) is 11.1. The van der Waals surface area contributed by atoms with E-state index in [1.54, 1.807) is 13.8 Å². The van der Waals surface area contributed by atoms with E-state index >= 15 is 0 Å². The number of ether oxygens (including phenoxy) is 3. The van der Waals surface area contributed by atoms with E-state index in [9.17, 15) is 24.5 Å². The molecule has 0 spiro atoms. The van der Waals surface area contributed by atoms with E-state index < -0.39 is 45.9 Å². The van der Waals surface area contributed by atoms with Gasteiger partial charge in [0.25, 0.3) is 0 Å². The number of hydrogen-bond donors (Lipinski definition) is 0. The van der Waals surface area contributed by atoms with Gasteiger partial charge in [0.1, 0.15) is 5.56 Å². The summed E-state index contributed by atoms with van der Waals surface area (Å²) in [5.41, 5.74) is -1.39. The third-order valence-electron chi connectivity index (χ3n) is 2.83. The van der Waals surface area contributed by atoms with E-state index in [1.165, 1.54) is 6.92 Å². The van der Waals surface area contributed by atoms with E-state index in [4.69, 9.17) is 9.47 Å². The molecule has 0 fully saturated rings. The molecule has 0 aliphatic heterocycles. The lowest BCUT2D eigenvalue weighted by Crippen LogP contribution is -2.20. The van der Waals surface area contributed by atoms with Crippen LogP contribution in [0.1, 0.15) is 47.1 Å². The Hall–Kier alpha value is -2.97. The van der Waals surface area contributed by atoms with Crippen LogP contribution in [0.4, 0.5) is 5.69 Å². The molecule has 0 aliphatic carbocycles. The normalized spacial score (nSPS) is 10.2. The molecule has 0 amide bonds. The highest BCUT2D eigenvalue weighted by molar-refractivity contribution is 6.07. The molecule has 0 bridgehead atoms. The lowest BCUT2D eigenvalue weighted by molar-refractivity contribution is -0.386. The second kappa shape index (κ2) is 7.53. The van der Waals surface area contributed by atoms with Gasteiger partial charge in [0.2, 0.25) is 5.75 Å². The Kier molecular flexibility index (Phi) is 5.99. The molecule has 0 saturated carbocycles. The van der Waals surface area contributed by atoms with E-state index in [2.05, 4.69) is 4.74 Å². The summed E-state index contributed by atoms with van der Waals surface area (Å²) in [4.78, 5) is 46.1. The third kappa shape index (κ3) is 4.06. The summed E-state index contributed by atoms with van der Waals surface area (Å²) in [6.07, 6.45) is -0.562. The quantitative estimate of drug-likeness (QED) is 0.346. The van der Waals surface area contributed by atoms with Gasteiger partial charge in [0, 0.05) is 12.5 Å². The van der Waals surface area contributed by atoms with Gasteiger partial charge in [0.05, 0.1) is 23.7 Å². The number of hydrogen-bond acceptors (Lipinski definition) is 8. The highest BCUT2D eigenvalue weighted by Gasteiger charge is 2.34. The molecule has 0 atom stereocenters. The summed E-state index contributed by atoms with van der Waals surface area (Å²) >= 11 is 0. The summed E-state index contributed by atoms with van der Waals surface area (Å²) in [6.45, 7) is 5.48. The smallest absolute Gasteiger partial charge is 0.343 e. The maximum atomic E-state index is 12.3. The first-order valence-corrected chi connectivity index (χ1v) is 6.89. The Bertz CT molecular complexity index is 708. The average molecular weight is 339 g/mol. The van der Waals surface area contributed by atoms with Gasteiger partial charge >= 0.3 is 23.6 Å². The Labute approximate surface area is 137 Å². The van der Waals surface area contributed by atoms with Crippen LogP contribution >= 0.6 is 0 Å². The molecular weight excluding hydrogens is 322 g/mol. The van der Waals surface area contributed by atoms with Crippen LogP contribution in [0.5, 0.6) is 5.75 Å². The molecule has 0 radical (unpaired) electrons. The van der Waals surface area contributed by atoms with Gasteiger partial charge in [-0.15, -0.1) is 0 Å². The minimum absolute atomic E-state index is 0.0257. The highest BCUT2D eigenvalue weighted by Crippen LogP contribution is 2.38. The second-order valence-electron chi connectivity index (χ2n) is 5.09. The number of aryl methyl sites for hydroxylation is 1. The zero-order chi connectivity index (χ0) is 18.6. The molecule has 1 aromatic rings. The van der Waals surface area contributed by atoms with Crippen molar-refractivity contribution < 1.29 is 33.5 Å². The number of nitro benzene ring substituents is 1. The van der Waals surface area contributed by atoms with E-state index in [0.29, 0.717) is 0 Å². The van der Waals surface area contributed by atoms with Crippen molar-refractivity contribution in [2.24, 2.45) is 0 Å². The van der Waals surface area contributed by atoms with E-state index in [-0.39, 0.29) is 11.1 Å². The molecule has 0 aliphatic rings. The van der Waals surface area contributed by atoms with Crippen molar-refractivity contribution in [3.8, 4) is 5.75 Å². The number of nitrogens with zero attached hydrogens (tertiary/aromatic N) is 1. The van der Waals surface area contributed by atoms with Crippen LogP contribution < -0.4 is 4.74 Å². The molecule has 1 aromatic carbocycles. The van der Waals surface area contributed by atoms with Gasteiger partial charge < -0.3 is 14.2 Å². The largest absolute Gasteiger partial charge is 0.465 e. The highest BCUT2D eigenvalue weighted by atomic mass is 16.6. The topological polar surface area (TPSA) is 122 Å². The first kappa shape index (κ1) is 19.1. The fraction of sp³-hybridized carbons (Fsp3) is 0.400. The molecule has 0 unspecified atom stereocenters. The lowest BCUT2D eigenvalue weighted by atomic mass is 10.0. The zero-order valence-electron chi connectivity index (χ0n) is 13.9. The molecule has 0 heterocycles. The fourth-order valence-corrected chi connectivity index (χ4v) is 1.99. The van der Waals surface area contributed by atoms with Gasteiger partial charge in [-0.05, 0) is 26.8 Å². The van der Waals surface area contributed by atoms with E-state index in [0.717, 1.165) is 20.1 Å². The van der Waals surface area contributed by atoms with Crippen LogP contribution in [0, 0.1) is 17.0 Å². The van der Waals surface area contributed by atoms with Crippen molar-refractivity contribution >= 4 is 23.6 Å². The van der Waals surface area contributed by atoms with Crippen LogP contribution in [-0.2, 0) is 14.3 Å². The monoisotopic (exact) mass is 339 g/mol. The maximum Gasteiger partial charge on any atom is 0.343 e. The predicted molar refractivity (Wildman–Crippen MR) is 81.0 cm³/mol. The van der Waals surface area contributed by atoms with Gasteiger partial charge in [-0.1, -0.05) is 0 Å². The standard InChI is InChI=1S/C15H17NO8/c1-7(2)23-15(19)11-10(14(18)22-5)6-8(3)12(16(20)21)13(11)24-9(4)17/h6-7H,1-5H3. The van der Waals surface area contributed by atoms with Crippen molar-refractivity contribution in [3.63, 3.8) is 0 Å². The van der Waals surface area contributed by atoms with Gasteiger partial charge in [-0.25, -0.2) is 9.59 Å². The predicted octanol–water partition coefficient (Wildman–Crippen LogP) is 2.18. The van der Waals surface area contributed by atoms with Crippen molar-refractivity contribution in [2.75, 3.05) is 7.11 Å². The number of rotatable bonds is 5. The van der Waals surface area contributed by atoms with Crippen molar-refractivity contribution in [1.82, 2.24) is 0 Å². The van der Waals surface area contributed by atoms with Crippen LogP contribution in [0.15, 0.2) is 6.07 Å². The van der Waals surface area contributed by atoms with Gasteiger partial charge in [0.15, 0.2) is 0 Å². The summed E-state index contributed by atoms with van der Waals surface area (Å²) in [6, 6.07) is 1.12. The van der Waals surface area contributed by atoms with Gasteiger partial charge in [-0.2, -0.15) is 0 Å². The molecule has 0 aromatic heterocycles. The fourth-order valence-electron chi connectivity index (χ4n) is 1.99. The summed E-state index contributed by atoms with van der Waals surface area (Å²) in [5, 5.41) is 11.3. The minimum atomic E-state index is -1.04. The third-order valence-corrected chi connectivity index (χ3v) is 2.83. The maximum absolute atomic E-state index is 12.3. The van der Waals surface area contributed by atoms with Gasteiger partial charge in [-0.3, -0.25) is 14.9 Å². The number of nitro groups is 1. The summed E-state index contributed by atoms with van der Waals surface area (Å²) < 4.78 is 14.5. The average Bonchev–Trinajstić information content (AvgIpc) is 2.43. The molecule has 130 valence electrons. The van der Waals surface area contributed by atoms with Crippen LogP contribution in [0.2, 0.25) is 0 Å². The zero-order valence-corrected chi connectivity index (χ0v) is 13.9. The molecule has 0 saturated heterocycles. The van der Waals surface area contributed by atoms with Crippen molar-refractivity contribution in [3.05, 3.63) is 32.9 Å². The summed E-state index contributed by atoms with van der Waals surface area (Å²) in [7, 11) is 1.09. The van der Waals surface area contributed by atoms with E-state index in [1.807, 2.05) is 0 Å². The molecular formula is C15H17NO8. The number of methoxy groups -OCH3 is 1. The summed E-state index contributed by atoms with van der Waals surface area (Å²) in [5.74, 6) is -3.49. The van der Waals surface area contributed by atoms with Crippen LogP contribution in [-0.4, -0.2) is 36.0 Å². The molecule has 9 nitrogen and oxygen atoms in total. The minimum Gasteiger partial charge on any atom is -0.465 e. The van der Waals surface area contributed by atoms with Crippen LogP contribution in [0.25, 0.3) is 0 Å². The number of carbonyl (C=O) groups is 3. The van der Waals surface area contributed by atoms with Crippen molar-refractivity contribution in [2.45, 2.75) is 33.8 Å². The van der Waals surface area contributed by atoms with Crippen LogP contribution in [0.3, 0.4) is 0 Å². The Morgan fingerprint density at radius 2 is 1.79 bits per heavy atom. The van der Waals surface area contributed by atoms with Crippen molar-refractivity contribution in [1.29, 1.82) is 0 Å². The molecule has 0 N–H and O–H groups in total. The Morgan fingerprint density at radius 3 is 2.21 bits per heavy atom. The molecule has 9 heteroatoms.